The van der Waals surface area contributed by atoms with E-state index in [0.29, 0.717) is 40.6 Å². The summed E-state index contributed by atoms with van der Waals surface area (Å²) in [6.45, 7) is 3.83. The highest BCUT2D eigenvalue weighted by Gasteiger charge is 2.54. The van der Waals surface area contributed by atoms with Crippen LogP contribution in [0.25, 0.3) is 5.57 Å². The van der Waals surface area contributed by atoms with E-state index in [4.69, 9.17) is 15.9 Å². The van der Waals surface area contributed by atoms with Gasteiger partial charge in [0.25, 0.3) is 0 Å². The molecule has 1 amide bonds. The van der Waals surface area contributed by atoms with Gasteiger partial charge < -0.3 is 21.2 Å². The van der Waals surface area contributed by atoms with Crippen molar-refractivity contribution in [2.75, 3.05) is 11.9 Å². The van der Waals surface area contributed by atoms with Crippen molar-refractivity contribution in [2.45, 2.75) is 39.0 Å². The summed E-state index contributed by atoms with van der Waals surface area (Å²) in [6, 6.07) is 9.38. The Kier molecular flexibility index (Phi) is 5.29. The quantitative estimate of drug-likeness (QED) is 0.591. The van der Waals surface area contributed by atoms with Gasteiger partial charge in [-0.1, -0.05) is 12.1 Å². The first-order chi connectivity index (χ1) is 14.7. The van der Waals surface area contributed by atoms with Crippen LogP contribution >= 0.6 is 0 Å². The van der Waals surface area contributed by atoms with Crippen LogP contribution in [0, 0.1) is 22.5 Å². The first kappa shape index (κ1) is 21.0. The maximum atomic E-state index is 13.9. The van der Waals surface area contributed by atoms with Crippen molar-refractivity contribution < 1.29 is 18.3 Å². The Hall–Kier alpha value is -3.22. The predicted octanol–water partition coefficient (Wildman–Crippen LogP) is 4.98. The van der Waals surface area contributed by atoms with E-state index in [1.165, 1.54) is 6.07 Å². The monoisotopic (exact) mass is 425 g/mol. The molecule has 1 fully saturated rings. The number of allylic oxidation sites excluding steroid dienone is 2. The first-order valence-corrected chi connectivity index (χ1v) is 10.2. The zero-order valence-corrected chi connectivity index (χ0v) is 17.5. The van der Waals surface area contributed by atoms with Crippen LogP contribution in [0.1, 0.15) is 50.2 Å². The lowest BCUT2D eigenvalue weighted by Crippen LogP contribution is -2.31. The first-order valence-electron chi connectivity index (χ1n) is 10.2. The van der Waals surface area contributed by atoms with E-state index < -0.39 is 11.6 Å². The Labute approximate surface area is 179 Å². The fourth-order valence-corrected chi connectivity index (χ4v) is 4.43. The van der Waals surface area contributed by atoms with Gasteiger partial charge in [0.2, 0.25) is 5.91 Å². The number of halogens is 2. The molecule has 31 heavy (non-hydrogen) atoms. The highest BCUT2D eigenvalue weighted by Crippen LogP contribution is 2.61. The molecule has 2 aromatic rings. The Balaban J connectivity index is 1.51. The second-order valence-corrected chi connectivity index (χ2v) is 8.52. The van der Waals surface area contributed by atoms with Crippen LogP contribution in [-0.4, -0.2) is 18.2 Å². The van der Waals surface area contributed by atoms with E-state index in [0.717, 1.165) is 24.5 Å². The smallest absolute Gasteiger partial charge is 0.225 e. The van der Waals surface area contributed by atoms with Gasteiger partial charge in [0.15, 0.2) is 11.6 Å². The van der Waals surface area contributed by atoms with Gasteiger partial charge in [0, 0.05) is 52.1 Å². The Morgan fingerprint density at radius 2 is 1.84 bits per heavy atom. The molecule has 0 radical (unpaired) electrons. The van der Waals surface area contributed by atoms with Gasteiger partial charge >= 0.3 is 0 Å². The number of hydrogen-bond acceptors (Lipinski definition) is 4. The molecular formula is C24H25F2N3O2. The largest absolute Gasteiger partial charge is 0.493 e. The van der Waals surface area contributed by atoms with Crippen LogP contribution in [0.3, 0.4) is 0 Å². The Morgan fingerprint density at radius 3 is 2.42 bits per heavy atom. The molecule has 0 bridgehead atoms. The zero-order valence-electron chi connectivity index (χ0n) is 17.5. The number of ether oxygens (including phenoxy) is 1. The fourth-order valence-electron chi connectivity index (χ4n) is 4.43. The number of carbonyl (C=O) groups is 1. The Morgan fingerprint density at radius 1 is 1.19 bits per heavy atom. The number of fused-ring (bicyclic) bond motifs is 1. The summed E-state index contributed by atoms with van der Waals surface area (Å²) < 4.78 is 33.2. The summed E-state index contributed by atoms with van der Waals surface area (Å²) in [6.07, 6.45) is 1.96. The lowest BCUT2D eigenvalue weighted by molar-refractivity contribution is -0.117. The second-order valence-electron chi connectivity index (χ2n) is 8.52. The number of hydrogen-bond donors (Lipinski definition) is 3. The van der Waals surface area contributed by atoms with Crippen molar-refractivity contribution in [1.29, 1.82) is 5.41 Å². The van der Waals surface area contributed by atoms with Gasteiger partial charge in [0.05, 0.1) is 6.61 Å². The normalized spacial score (nSPS) is 19.2. The molecule has 1 aliphatic heterocycles. The zero-order chi connectivity index (χ0) is 22.3. The van der Waals surface area contributed by atoms with Crippen LogP contribution in [-0.2, 0) is 4.79 Å². The number of nitrogens with one attached hydrogen (secondary N) is 2. The summed E-state index contributed by atoms with van der Waals surface area (Å²) in [4.78, 5) is 12.8. The van der Waals surface area contributed by atoms with Crippen LogP contribution in [0.2, 0.25) is 0 Å². The number of amides is 1. The molecule has 7 heteroatoms. The lowest BCUT2D eigenvalue weighted by Gasteiger charge is -2.33. The summed E-state index contributed by atoms with van der Waals surface area (Å²) >= 11 is 0. The predicted molar refractivity (Wildman–Crippen MR) is 116 cm³/mol. The van der Waals surface area contributed by atoms with Gasteiger partial charge in [-0.25, -0.2) is 8.78 Å². The van der Waals surface area contributed by atoms with Crippen LogP contribution in [0.5, 0.6) is 5.75 Å². The summed E-state index contributed by atoms with van der Waals surface area (Å²) in [7, 11) is 0. The van der Waals surface area contributed by atoms with Crippen molar-refractivity contribution in [3.05, 3.63) is 64.9 Å². The molecule has 1 spiro atoms. The maximum Gasteiger partial charge on any atom is 0.225 e. The summed E-state index contributed by atoms with van der Waals surface area (Å²) in [5.41, 5.74) is 9.28. The maximum absolute atomic E-state index is 13.9. The molecule has 5 nitrogen and oxygen atoms in total. The van der Waals surface area contributed by atoms with Crippen LogP contribution < -0.4 is 15.8 Å². The molecule has 1 atom stereocenters. The fraction of sp³-hybridized carbons (Fsp3) is 0.333. The average molecular weight is 425 g/mol. The van der Waals surface area contributed by atoms with Crippen molar-refractivity contribution in [1.82, 2.24) is 0 Å². The summed E-state index contributed by atoms with van der Waals surface area (Å²) in [5, 5.41) is 10.8. The van der Waals surface area contributed by atoms with Gasteiger partial charge in [-0.05, 0) is 50.5 Å². The minimum absolute atomic E-state index is 0.163. The Bertz CT molecular complexity index is 1080. The lowest BCUT2D eigenvalue weighted by atomic mass is 9.79. The van der Waals surface area contributed by atoms with Gasteiger partial charge in [-0.3, -0.25) is 4.79 Å². The summed E-state index contributed by atoms with van der Waals surface area (Å²) in [5.74, 6) is -1.98. The van der Waals surface area contributed by atoms with Crippen molar-refractivity contribution in [2.24, 2.45) is 11.1 Å². The molecular weight excluding hydrogens is 400 g/mol. The highest BCUT2D eigenvalue weighted by molar-refractivity contribution is 6.21. The molecule has 1 unspecified atom stereocenters. The van der Waals surface area contributed by atoms with Crippen molar-refractivity contribution in [3.63, 3.8) is 0 Å². The molecule has 2 aliphatic rings. The third-order valence-corrected chi connectivity index (χ3v) is 6.19. The van der Waals surface area contributed by atoms with E-state index in [9.17, 15) is 13.6 Å². The third-order valence-electron chi connectivity index (χ3n) is 6.19. The molecule has 4 rings (SSSR count). The SMILES string of the molecule is CC(=N)C(=C(C)N)c1ccc(NC(=O)CC2c3cc(F)c(F)cc3OCC23CC3)cc1. The van der Waals surface area contributed by atoms with E-state index in [2.05, 4.69) is 5.32 Å². The molecule has 1 saturated carbocycles. The molecule has 162 valence electrons. The average Bonchev–Trinajstić information content (AvgIpc) is 3.47. The van der Waals surface area contributed by atoms with E-state index in [1.54, 1.807) is 26.0 Å². The van der Waals surface area contributed by atoms with E-state index in [1.807, 2.05) is 12.1 Å². The topological polar surface area (TPSA) is 88.2 Å². The number of nitrogens with two attached hydrogens (primary N) is 1. The van der Waals surface area contributed by atoms with Crippen LogP contribution in [0.4, 0.5) is 14.5 Å². The number of carbonyl (C=O) groups excluding carboxylic acids is 1. The number of rotatable bonds is 5. The molecule has 1 heterocycles. The van der Waals surface area contributed by atoms with Gasteiger partial charge in [0.1, 0.15) is 5.75 Å². The van der Waals surface area contributed by atoms with Crippen molar-refractivity contribution >= 4 is 22.9 Å². The third kappa shape index (κ3) is 4.04. The molecule has 0 aromatic heterocycles. The van der Waals surface area contributed by atoms with Crippen LogP contribution in [0.15, 0.2) is 42.1 Å². The number of anilines is 1. The standard InChI is InChI=1S/C24H25F2N3O2/c1-13(27)23(14(2)28)15-3-5-16(6-4-15)29-22(30)10-18-17-9-19(25)20(26)11-21(17)31-12-24(18)7-8-24/h3-6,9,11,18,27H,7-8,10,12,28H2,1-2H3,(H,29,30). The molecule has 1 aliphatic carbocycles. The molecule has 0 saturated heterocycles. The second kappa shape index (κ2) is 7.80. The van der Waals surface area contributed by atoms with Crippen molar-refractivity contribution in [3.8, 4) is 5.75 Å². The van der Waals surface area contributed by atoms with Gasteiger partial charge in [-0.2, -0.15) is 0 Å². The van der Waals surface area contributed by atoms with E-state index in [-0.39, 0.29) is 23.7 Å². The highest BCUT2D eigenvalue weighted by atomic mass is 19.2. The minimum Gasteiger partial charge on any atom is -0.493 e. The van der Waals surface area contributed by atoms with E-state index >= 15 is 0 Å². The van der Waals surface area contributed by atoms with Gasteiger partial charge in [-0.15, -0.1) is 0 Å². The number of benzene rings is 2. The molecule has 4 N–H and O–H groups in total. The molecule has 2 aromatic carbocycles. The minimum atomic E-state index is -0.949.